The summed E-state index contributed by atoms with van der Waals surface area (Å²) in [5.74, 6) is -0.551. The van der Waals surface area contributed by atoms with Crippen molar-refractivity contribution in [3.05, 3.63) is 83.4 Å². The van der Waals surface area contributed by atoms with Crippen molar-refractivity contribution in [2.75, 3.05) is 5.32 Å². The van der Waals surface area contributed by atoms with Crippen molar-refractivity contribution in [3.8, 4) is 11.4 Å². The molecule has 4 aromatic rings. The van der Waals surface area contributed by atoms with Crippen LogP contribution >= 0.6 is 0 Å². The Morgan fingerprint density at radius 2 is 1.75 bits per heavy atom. The number of aromatic nitrogens is 5. The summed E-state index contributed by atoms with van der Waals surface area (Å²) in [7, 11) is 1.57. The fourth-order valence-electron chi connectivity index (χ4n) is 3.61. The van der Waals surface area contributed by atoms with Crippen molar-refractivity contribution < 1.29 is 31.1 Å². The Hall–Kier alpha value is -4.16. The first kappa shape index (κ1) is 24.9. The highest BCUT2D eigenvalue weighted by Crippen LogP contribution is 2.39. The second-order valence-electron chi connectivity index (χ2n) is 7.89. The lowest BCUT2D eigenvalue weighted by atomic mass is 9.98. The number of aryl methyl sites for hydroxylation is 1. The van der Waals surface area contributed by atoms with Crippen LogP contribution in [0.15, 0.2) is 61.1 Å². The molecule has 7 nitrogen and oxygen atoms in total. The number of hydrogen-bond acceptors (Lipinski definition) is 4. The quantitative estimate of drug-likeness (QED) is 0.357. The van der Waals surface area contributed by atoms with Gasteiger partial charge < -0.3 is 5.32 Å². The van der Waals surface area contributed by atoms with Crippen molar-refractivity contribution in [3.63, 3.8) is 0 Å². The van der Waals surface area contributed by atoms with E-state index in [-0.39, 0.29) is 17.4 Å². The average molecular weight is 508 g/mol. The maximum absolute atomic E-state index is 13.6. The van der Waals surface area contributed by atoms with E-state index in [0.29, 0.717) is 17.5 Å². The maximum atomic E-state index is 13.6. The molecule has 3 aromatic heterocycles. The normalized spacial score (nSPS) is 13.0. The summed E-state index contributed by atoms with van der Waals surface area (Å²) < 4.78 is 82.0. The number of nitrogens with one attached hydrogen (secondary N) is 1. The summed E-state index contributed by atoms with van der Waals surface area (Å²) >= 11 is 0. The fourth-order valence-corrected chi connectivity index (χ4v) is 3.61. The number of nitrogens with zero attached hydrogens (tertiary/aromatic N) is 5. The third kappa shape index (κ3) is 5.09. The molecule has 36 heavy (non-hydrogen) atoms. The molecule has 0 radical (unpaired) electrons. The van der Waals surface area contributed by atoms with Gasteiger partial charge in [0.05, 0.1) is 34.7 Å². The van der Waals surface area contributed by atoms with Crippen LogP contribution in [0.25, 0.3) is 11.4 Å². The van der Waals surface area contributed by atoms with Crippen LogP contribution in [-0.2, 0) is 19.4 Å². The van der Waals surface area contributed by atoms with E-state index in [1.165, 1.54) is 30.1 Å². The number of carbonyl (C=O) groups is 1. The van der Waals surface area contributed by atoms with E-state index in [9.17, 15) is 31.1 Å². The minimum absolute atomic E-state index is 0.0829. The van der Waals surface area contributed by atoms with Crippen molar-refractivity contribution in [2.24, 2.45) is 7.05 Å². The number of halogens is 6. The summed E-state index contributed by atoms with van der Waals surface area (Å²) in [5.41, 5.74) is -1.82. The summed E-state index contributed by atoms with van der Waals surface area (Å²) in [6.45, 7) is 1.36. The first-order chi connectivity index (χ1) is 16.8. The molecule has 13 heteroatoms. The van der Waals surface area contributed by atoms with E-state index in [1.807, 2.05) is 0 Å². The number of amides is 1. The predicted octanol–water partition coefficient (Wildman–Crippen LogP) is 5.58. The van der Waals surface area contributed by atoms with Crippen LogP contribution in [0, 0.1) is 0 Å². The Morgan fingerprint density at radius 3 is 2.39 bits per heavy atom. The molecule has 3 heterocycles. The van der Waals surface area contributed by atoms with E-state index in [4.69, 9.17) is 0 Å². The molecular formula is C23H18F6N6O. The zero-order valence-corrected chi connectivity index (χ0v) is 18.8. The van der Waals surface area contributed by atoms with Gasteiger partial charge in [0.2, 0.25) is 0 Å². The summed E-state index contributed by atoms with van der Waals surface area (Å²) in [4.78, 5) is 16.9. The van der Waals surface area contributed by atoms with E-state index in [1.54, 1.807) is 31.4 Å². The molecule has 0 aliphatic carbocycles. The third-order valence-corrected chi connectivity index (χ3v) is 5.43. The molecular weight excluding hydrogens is 490 g/mol. The summed E-state index contributed by atoms with van der Waals surface area (Å²) in [6.07, 6.45) is -5.84. The fraction of sp³-hybridized carbons (Fsp3) is 0.217. The van der Waals surface area contributed by atoms with Gasteiger partial charge in [0.15, 0.2) is 0 Å². The monoisotopic (exact) mass is 508 g/mol. The lowest BCUT2D eigenvalue weighted by Crippen LogP contribution is -2.18. The van der Waals surface area contributed by atoms with Gasteiger partial charge in [-0.1, -0.05) is 12.1 Å². The van der Waals surface area contributed by atoms with Gasteiger partial charge in [-0.3, -0.25) is 19.1 Å². The van der Waals surface area contributed by atoms with Gasteiger partial charge >= 0.3 is 12.4 Å². The van der Waals surface area contributed by atoms with Gasteiger partial charge in [0, 0.05) is 19.4 Å². The lowest BCUT2D eigenvalue weighted by Gasteiger charge is -2.20. The van der Waals surface area contributed by atoms with E-state index >= 15 is 0 Å². The Balaban J connectivity index is 1.57. The highest BCUT2D eigenvalue weighted by Gasteiger charge is 2.39. The van der Waals surface area contributed by atoms with E-state index < -0.39 is 41.0 Å². The number of anilines is 1. The molecule has 0 bridgehead atoms. The standard InChI is InChI=1S/C23H18F6N6O/c1-13(16-7-6-14(22(24,25)26)9-17(16)23(27,28)29)35-12-15(11-31-35)32-21(36)20-10-19(33-34(20)2)18-5-3-4-8-30-18/h3-13H,1-2H3,(H,32,36). The van der Waals surface area contributed by atoms with Crippen LogP contribution < -0.4 is 5.32 Å². The van der Waals surface area contributed by atoms with Crippen LogP contribution in [-0.4, -0.2) is 30.5 Å². The molecule has 1 amide bonds. The Labute approximate surface area is 200 Å². The topological polar surface area (TPSA) is 77.6 Å². The molecule has 1 N–H and O–H groups in total. The Morgan fingerprint density at radius 1 is 1.00 bits per heavy atom. The first-order valence-corrected chi connectivity index (χ1v) is 10.4. The first-order valence-electron chi connectivity index (χ1n) is 10.4. The van der Waals surface area contributed by atoms with Gasteiger partial charge in [-0.15, -0.1) is 0 Å². The van der Waals surface area contributed by atoms with Crippen LogP contribution in [0.5, 0.6) is 0 Å². The molecule has 188 valence electrons. The van der Waals surface area contributed by atoms with Crippen molar-refractivity contribution >= 4 is 11.6 Å². The molecule has 4 rings (SSSR count). The zero-order chi connectivity index (χ0) is 26.3. The maximum Gasteiger partial charge on any atom is 0.416 e. The molecule has 0 saturated carbocycles. The zero-order valence-electron chi connectivity index (χ0n) is 18.8. The Bertz CT molecular complexity index is 1390. The summed E-state index contributed by atoms with van der Waals surface area (Å²) in [6, 6.07) is 7.14. The minimum atomic E-state index is -5.01. The summed E-state index contributed by atoms with van der Waals surface area (Å²) in [5, 5.41) is 10.8. The molecule has 1 aromatic carbocycles. The molecule has 0 fully saturated rings. The highest BCUT2D eigenvalue weighted by molar-refractivity contribution is 6.03. The largest absolute Gasteiger partial charge is 0.416 e. The van der Waals surface area contributed by atoms with Crippen LogP contribution in [0.3, 0.4) is 0 Å². The number of alkyl halides is 6. The van der Waals surface area contributed by atoms with Crippen LogP contribution in [0.2, 0.25) is 0 Å². The van der Waals surface area contributed by atoms with E-state index in [0.717, 1.165) is 10.7 Å². The molecule has 0 aliphatic rings. The van der Waals surface area contributed by atoms with Gasteiger partial charge in [-0.25, -0.2) is 0 Å². The molecule has 1 unspecified atom stereocenters. The van der Waals surface area contributed by atoms with Gasteiger partial charge in [0.25, 0.3) is 5.91 Å². The van der Waals surface area contributed by atoms with Gasteiger partial charge in [0.1, 0.15) is 11.4 Å². The molecule has 0 spiro atoms. The van der Waals surface area contributed by atoms with Crippen molar-refractivity contribution in [1.82, 2.24) is 24.5 Å². The predicted molar refractivity (Wildman–Crippen MR) is 117 cm³/mol. The minimum Gasteiger partial charge on any atom is -0.318 e. The molecule has 1 atom stereocenters. The average Bonchev–Trinajstić information content (AvgIpc) is 3.44. The molecule has 0 saturated heterocycles. The number of carbonyl (C=O) groups excluding carboxylic acids is 1. The van der Waals surface area contributed by atoms with Crippen LogP contribution in [0.1, 0.15) is 40.1 Å². The molecule has 0 aliphatic heterocycles. The van der Waals surface area contributed by atoms with Gasteiger partial charge in [-0.05, 0) is 42.8 Å². The third-order valence-electron chi connectivity index (χ3n) is 5.43. The number of rotatable bonds is 5. The second-order valence-corrected chi connectivity index (χ2v) is 7.89. The smallest absolute Gasteiger partial charge is 0.318 e. The van der Waals surface area contributed by atoms with E-state index in [2.05, 4.69) is 20.5 Å². The Kier molecular flexibility index (Phi) is 6.33. The second kappa shape index (κ2) is 9.13. The van der Waals surface area contributed by atoms with Gasteiger partial charge in [-0.2, -0.15) is 36.5 Å². The highest BCUT2D eigenvalue weighted by atomic mass is 19.4. The van der Waals surface area contributed by atoms with Crippen molar-refractivity contribution in [1.29, 1.82) is 0 Å². The number of benzene rings is 1. The van der Waals surface area contributed by atoms with Crippen molar-refractivity contribution in [2.45, 2.75) is 25.3 Å². The lowest BCUT2D eigenvalue weighted by molar-refractivity contribution is -0.143. The van der Waals surface area contributed by atoms with Crippen LogP contribution in [0.4, 0.5) is 32.0 Å². The number of hydrogen-bond donors (Lipinski definition) is 1. The SMILES string of the molecule is CC(c1ccc(C(F)(F)F)cc1C(F)(F)F)n1cc(NC(=O)c2cc(-c3ccccn3)nn2C)cn1. The number of pyridine rings is 1.